The van der Waals surface area contributed by atoms with Gasteiger partial charge in [0.1, 0.15) is 4.92 Å². The predicted octanol–water partition coefficient (Wildman–Crippen LogP) is 1.66. The van der Waals surface area contributed by atoms with Crippen molar-refractivity contribution in [1.29, 1.82) is 0 Å². The molecule has 0 aliphatic carbocycles. The van der Waals surface area contributed by atoms with E-state index in [1.807, 2.05) is 6.92 Å². The van der Waals surface area contributed by atoms with Crippen molar-refractivity contribution in [3.8, 4) is 11.7 Å². The Bertz CT molecular complexity index is 579. The smallest absolute Gasteiger partial charge is 0.395 e. The molecule has 2 heterocycles. The first-order valence-corrected chi connectivity index (χ1v) is 6.03. The minimum atomic E-state index is -0.648. The van der Waals surface area contributed by atoms with Gasteiger partial charge in [0.15, 0.2) is 11.6 Å². The van der Waals surface area contributed by atoms with Crippen LogP contribution in [-0.4, -0.2) is 28.3 Å². The van der Waals surface area contributed by atoms with Gasteiger partial charge in [0.2, 0.25) is 0 Å². The van der Waals surface area contributed by atoms with E-state index < -0.39 is 16.8 Å². The summed E-state index contributed by atoms with van der Waals surface area (Å²) in [7, 11) is 0. The molecule has 0 saturated heterocycles. The van der Waals surface area contributed by atoms with Crippen LogP contribution in [0.4, 0.5) is 5.88 Å². The fourth-order valence-electron chi connectivity index (χ4n) is 1.46. The highest BCUT2D eigenvalue weighted by Crippen LogP contribution is 2.25. The SMILES string of the molecule is CCCOCC(N)c1noc(-c2ccc([N+](=O)[O-])o2)n1. The van der Waals surface area contributed by atoms with Gasteiger partial charge in [-0.1, -0.05) is 12.1 Å². The summed E-state index contributed by atoms with van der Waals surface area (Å²) >= 11 is 0. The molecule has 0 aliphatic heterocycles. The highest BCUT2D eigenvalue weighted by atomic mass is 16.6. The molecule has 0 amide bonds. The van der Waals surface area contributed by atoms with E-state index >= 15 is 0 Å². The van der Waals surface area contributed by atoms with E-state index in [9.17, 15) is 10.1 Å². The highest BCUT2D eigenvalue weighted by Gasteiger charge is 2.20. The summed E-state index contributed by atoms with van der Waals surface area (Å²) in [5.74, 6) is 0.0293. The van der Waals surface area contributed by atoms with Gasteiger partial charge in [0.05, 0.1) is 18.7 Å². The first-order chi connectivity index (χ1) is 9.61. The molecule has 0 aromatic carbocycles. The van der Waals surface area contributed by atoms with Crippen molar-refractivity contribution >= 4 is 5.88 Å². The van der Waals surface area contributed by atoms with E-state index in [1.54, 1.807) is 0 Å². The summed E-state index contributed by atoms with van der Waals surface area (Å²) in [6.45, 7) is 2.86. The molecule has 0 bridgehead atoms. The summed E-state index contributed by atoms with van der Waals surface area (Å²) in [5.41, 5.74) is 5.83. The molecule has 108 valence electrons. The van der Waals surface area contributed by atoms with Crippen LogP contribution in [-0.2, 0) is 4.74 Å². The summed E-state index contributed by atoms with van der Waals surface area (Å²) in [6.07, 6.45) is 0.889. The Morgan fingerprint density at radius 1 is 1.55 bits per heavy atom. The molecule has 2 aromatic heterocycles. The Kier molecular flexibility index (Phi) is 4.43. The summed E-state index contributed by atoms with van der Waals surface area (Å²) in [4.78, 5) is 13.9. The average Bonchev–Trinajstić information content (AvgIpc) is 3.07. The van der Waals surface area contributed by atoms with Gasteiger partial charge in [-0.2, -0.15) is 4.98 Å². The van der Waals surface area contributed by atoms with Crippen molar-refractivity contribution in [1.82, 2.24) is 10.1 Å². The fourth-order valence-corrected chi connectivity index (χ4v) is 1.46. The van der Waals surface area contributed by atoms with Gasteiger partial charge in [0, 0.05) is 6.61 Å². The Balaban J connectivity index is 2.05. The van der Waals surface area contributed by atoms with Crippen molar-refractivity contribution < 1.29 is 18.6 Å². The molecular weight excluding hydrogens is 268 g/mol. The van der Waals surface area contributed by atoms with Gasteiger partial charge in [-0.05, 0) is 12.5 Å². The number of furan rings is 1. The topological polar surface area (TPSA) is 130 Å². The van der Waals surface area contributed by atoms with Crippen molar-refractivity contribution in [2.75, 3.05) is 13.2 Å². The monoisotopic (exact) mass is 282 g/mol. The van der Waals surface area contributed by atoms with Crippen LogP contribution in [0.2, 0.25) is 0 Å². The van der Waals surface area contributed by atoms with Crippen molar-refractivity contribution in [2.24, 2.45) is 5.73 Å². The van der Waals surface area contributed by atoms with Crippen LogP contribution in [0.1, 0.15) is 25.2 Å². The molecule has 1 unspecified atom stereocenters. The maximum absolute atomic E-state index is 10.5. The molecule has 9 heteroatoms. The number of rotatable bonds is 7. The lowest BCUT2D eigenvalue weighted by molar-refractivity contribution is -0.401. The van der Waals surface area contributed by atoms with E-state index in [-0.39, 0.29) is 24.1 Å². The van der Waals surface area contributed by atoms with Gasteiger partial charge in [-0.3, -0.25) is 10.1 Å². The molecule has 0 fully saturated rings. The van der Waals surface area contributed by atoms with E-state index in [4.69, 9.17) is 19.4 Å². The van der Waals surface area contributed by atoms with Gasteiger partial charge >= 0.3 is 5.88 Å². The lowest BCUT2D eigenvalue weighted by atomic mass is 10.3. The standard InChI is InChI=1S/C11H14N4O5/c1-2-5-18-6-7(12)10-13-11(20-14-10)8-3-4-9(19-8)15(16)17/h3-4,7H,2,5-6,12H2,1H3. The third kappa shape index (κ3) is 3.19. The van der Waals surface area contributed by atoms with Crippen molar-refractivity contribution in [3.63, 3.8) is 0 Å². The Hall–Kier alpha value is -2.26. The largest absolute Gasteiger partial charge is 0.433 e. The van der Waals surface area contributed by atoms with Crippen LogP contribution >= 0.6 is 0 Å². The number of nitrogens with zero attached hydrogens (tertiary/aromatic N) is 3. The summed E-state index contributed by atoms with van der Waals surface area (Å²) in [6, 6.07) is 2.07. The van der Waals surface area contributed by atoms with E-state index in [0.717, 1.165) is 6.42 Å². The zero-order chi connectivity index (χ0) is 14.5. The molecule has 0 spiro atoms. The van der Waals surface area contributed by atoms with Crippen LogP contribution in [0.25, 0.3) is 11.7 Å². The van der Waals surface area contributed by atoms with E-state index in [2.05, 4.69) is 10.1 Å². The van der Waals surface area contributed by atoms with Gasteiger partial charge < -0.3 is 19.4 Å². The molecule has 1 atom stereocenters. The number of ether oxygens (including phenoxy) is 1. The summed E-state index contributed by atoms with van der Waals surface area (Å²) < 4.78 is 15.2. The zero-order valence-electron chi connectivity index (χ0n) is 10.8. The number of hydrogen-bond donors (Lipinski definition) is 1. The van der Waals surface area contributed by atoms with Gasteiger partial charge in [0.25, 0.3) is 5.89 Å². The third-order valence-electron chi connectivity index (χ3n) is 2.40. The molecule has 2 N–H and O–H groups in total. The Morgan fingerprint density at radius 2 is 2.35 bits per heavy atom. The second-order valence-corrected chi connectivity index (χ2v) is 4.03. The molecule has 0 saturated carbocycles. The number of nitrogens with two attached hydrogens (primary N) is 1. The predicted molar refractivity (Wildman–Crippen MR) is 66.7 cm³/mol. The maximum Gasteiger partial charge on any atom is 0.433 e. The maximum atomic E-state index is 10.5. The molecule has 20 heavy (non-hydrogen) atoms. The number of nitro groups is 1. The average molecular weight is 282 g/mol. The molecule has 0 radical (unpaired) electrons. The van der Waals surface area contributed by atoms with Gasteiger partial charge in [-0.15, -0.1) is 0 Å². The molecule has 0 aliphatic rings. The zero-order valence-corrected chi connectivity index (χ0v) is 10.8. The van der Waals surface area contributed by atoms with Crippen LogP contribution < -0.4 is 5.73 Å². The van der Waals surface area contributed by atoms with E-state index in [1.165, 1.54) is 12.1 Å². The normalized spacial score (nSPS) is 12.5. The molecule has 2 aromatic rings. The van der Waals surface area contributed by atoms with Crippen molar-refractivity contribution in [3.05, 3.63) is 28.1 Å². The quantitative estimate of drug-likeness (QED) is 0.461. The minimum Gasteiger partial charge on any atom is -0.395 e. The van der Waals surface area contributed by atoms with E-state index in [0.29, 0.717) is 6.61 Å². The third-order valence-corrected chi connectivity index (χ3v) is 2.40. The summed E-state index contributed by atoms with van der Waals surface area (Å²) in [5, 5.41) is 14.2. The highest BCUT2D eigenvalue weighted by molar-refractivity contribution is 5.46. The Labute approximate surface area is 113 Å². The number of aromatic nitrogens is 2. The molecule has 9 nitrogen and oxygen atoms in total. The molecule has 2 rings (SSSR count). The lowest BCUT2D eigenvalue weighted by Crippen LogP contribution is -2.18. The molecular formula is C11H14N4O5. The second-order valence-electron chi connectivity index (χ2n) is 4.03. The minimum absolute atomic E-state index is 0.0408. The first-order valence-electron chi connectivity index (χ1n) is 6.03. The number of hydrogen-bond acceptors (Lipinski definition) is 8. The first kappa shape index (κ1) is 14.2. The van der Waals surface area contributed by atoms with Crippen LogP contribution in [0.15, 0.2) is 21.1 Å². The Morgan fingerprint density at radius 3 is 3.00 bits per heavy atom. The van der Waals surface area contributed by atoms with Crippen molar-refractivity contribution in [2.45, 2.75) is 19.4 Å². The van der Waals surface area contributed by atoms with Crippen LogP contribution in [0, 0.1) is 10.1 Å². The second kappa shape index (κ2) is 6.26. The lowest BCUT2D eigenvalue weighted by Gasteiger charge is -2.06. The van der Waals surface area contributed by atoms with Gasteiger partial charge in [-0.25, -0.2) is 0 Å². The van der Waals surface area contributed by atoms with Crippen LogP contribution in [0.5, 0.6) is 0 Å². The van der Waals surface area contributed by atoms with Crippen LogP contribution in [0.3, 0.4) is 0 Å². The fraction of sp³-hybridized carbons (Fsp3) is 0.455.